The fourth-order valence-electron chi connectivity index (χ4n) is 2.95. The Hall–Kier alpha value is -0.250. The summed E-state index contributed by atoms with van der Waals surface area (Å²) in [6.45, 7) is -1.11. The maximum Gasteiger partial charge on any atom is 0.472 e. The Labute approximate surface area is 146 Å². The summed E-state index contributed by atoms with van der Waals surface area (Å²) in [4.78, 5) is 9.29. The molecule has 11 atom stereocenters. The molecule has 3 heterocycles. The Morgan fingerprint density at radius 3 is 2.19 bits per heavy atom. The van der Waals surface area contributed by atoms with Gasteiger partial charge in [-0.15, -0.1) is 0 Å². The van der Waals surface area contributed by atoms with Crippen LogP contribution >= 0.6 is 7.82 Å². The number of aliphatic hydroxyl groups excluding tert-OH is 6. The summed E-state index contributed by atoms with van der Waals surface area (Å²) in [5.41, 5.74) is 0. The van der Waals surface area contributed by atoms with Gasteiger partial charge in [-0.3, -0.25) is 9.05 Å². The molecule has 26 heavy (non-hydrogen) atoms. The van der Waals surface area contributed by atoms with E-state index in [1.807, 2.05) is 0 Å². The maximum absolute atomic E-state index is 11.4. The number of hydrogen-bond acceptors (Lipinski definition) is 12. The van der Waals surface area contributed by atoms with Gasteiger partial charge in [-0.1, -0.05) is 0 Å². The predicted octanol–water partition coefficient (Wildman–Crippen LogP) is -4.23. The highest BCUT2D eigenvalue weighted by molar-refractivity contribution is 7.47. The summed E-state index contributed by atoms with van der Waals surface area (Å²) in [5, 5.41) is 58.8. The SMILES string of the molecule is O=P1(O)OCC2O[C@H](O[C@H]3OC(CO)[C@@H](O)C(O)C3O)C(O)C(O)[C@@H]2O1. The van der Waals surface area contributed by atoms with E-state index in [4.69, 9.17) is 23.8 Å². The fraction of sp³-hybridized carbons (Fsp3) is 1.00. The van der Waals surface area contributed by atoms with Gasteiger partial charge in [0.05, 0.1) is 13.2 Å². The fourth-order valence-corrected chi connectivity index (χ4v) is 3.91. The second-order valence-corrected chi connectivity index (χ2v) is 7.60. The van der Waals surface area contributed by atoms with E-state index in [1.165, 1.54) is 0 Å². The van der Waals surface area contributed by atoms with Crippen molar-refractivity contribution in [2.24, 2.45) is 0 Å². The Balaban J connectivity index is 1.69. The lowest BCUT2D eigenvalue weighted by molar-refractivity contribution is -0.377. The van der Waals surface area contributed by atoms with E-state index >= 15 is 0 Å². The first kappa shape index (κ1) is 20.5. The summed E-state index contributed by atoms with van der Waals surface area (Å²) in [7, 11) is -4.38. The minimum atomic E-state index is -4.38. The smallest absolute Gasteiger partial charge is 0.394 e. The zero-order valence-electron chi connectivity index (χ0n) is 13.2. The summed E-state index contributed by atoms with van der Waals surface area (Å²) in [6.07, 6.45) is -15.4. The van der Waals surface area contributed by atoms with Crippen molar-refractivity contribution in [1.29, 1.82) is 0 Å². The largest absolute Gasteiger partial charge is 0.472 e. The number of phosphoric ester groups is 1. The Bertz CT molecular complexity index is 543. The number of ether oxygens (including phenoxy) is 3. The van der Waals surface area contributed by atoms with Gasteiger partial charge < -0.3 is 49.7 Å². The van der Waals surface area contributed by atoms with Crippen molar-refractivity contribution in [3.8, 4) is 0 Å². The standard InChI is InChI=1S/C12H21O13P/c13-1-3-5(14)6(15)8(17)11(22-3)24-12-9(18)7(16)10-4(23-12)2-21-26(19,20)25-10/h3-18H,1-2H2,(H,19,20)/t3?,4?,5-,6?,7?,8?,9?,10-,11-,12-/m1/s1. The topological polar surface area (TPSA) is 205 Å². The average Bonchev–Trinajstić information content (AvgIpc) is 2.60. The van der Waals surface area contributed by atoms with Gasteiger partial charge in [0.15, 0.2) is 12.6 Å². The molecule has 0 amide bonds. The molecule has 3 fully saturated rings. The minimum Gasteiger partial charge on any atom is -0.394 e. The van der Waals surface area contributed by atoms with Gasteiger partial charge >= 0.3 is 7.82 Å². The Morgan fingerprint density at radius 1 is 0.923 bits per heavy atom. The van der Waals surface area contributed by atoms with Gasteiger partial charge in [0, 0.05) is 0 Å². The third kappa shape index (κ3) is 3.82. The van der Waals surface area contributed by atoms with Crippen LogP contribution in [0, 0.1) is 0 Å². The van der Waals surface area contributed by atoms with Gasteiger partial charge in [0.1, 0.15) is 48.8 Å². The van der Waals surface area contributed by atoms with Crippen molar-refractivity contribution in [2.75, 3.05) is 13.2 Å². The van der Waals surface area contributed by atoms with E-state index in [1.54, 1.807) is 0 Å². The highest BCUT2D eigenvalue weighted by Crippen LogP contribution is 2.50. The van der Waals surface area contributed by atoms with Crippen LogP contribution in [0.15, 0.2) is 0 Å². The molecule has 0 aromatic heterocycles. The van der Waals surface area contributed by atoms with Crippen LogP contribution in [0.2, 0.25) is 0 Å². The Morgan fingerprint density at radius 2 is 1.54 bits per heavy atom. The quantitative estimate of drug-likeness (QED) is 0.223. The molecule has 3 aliphatic heterocycles. The van der Waals surface area contributed by atoms with Crippen LogP contribution in [0.1, 0.15) is 0 Å². The third-order valence-electron chi connectivity index (χ3n) is 4.41. The van der Waals surface area contributed by atoms with Crippen molar-refractivity contribution in [3.63, 3.8) is 0 Å². The molecule has 3 rings (SSSR count). The Kier molecular flexibility index (Phi) is 6.02. The van der Waals surface area contributed by atoms with E-state index in [0.717, 1.165) is 0 Å². The molecular formula is C12H21O13P. The first-order valence-corrected chi connectivity index (χ1v) is 9.27. The van der Waals surface area contributed by atoms with Crippen molar-refractivity contribution in [3.05, 3.63) is 0 Å². The lowest BCUT2D eigenvalue weighted by Gasteiger charge is -2.46. The zero-order valence-corrected chi connectivity index (χ0v) is 14.1. The van der Waals surface area contributed by atoms with Crippen LogP contribution < -0.4 is 0 Å². The molecule has 0 aromatic rings. The zero-order chi connectivity index (χ0) is 19.2. The lowest BCUT2D eigenvalue weighted by Crippen LogP contribution is -2.64. The van der Waals surface area contributed by atoms with Crippen LogP contribution in [0.25, 0.3) is 0 Å². The second-order valence-electron chi connectivity index (χ2n) is 6.19. The molecule has 7 N–H and O–H groups in total. The average molecular weight is 404 g/mol. The number of fused-ring (bicyclic) bond motifs is 1. The molecule has 3 saturated heterocycles. The molecule has 0 aliphatic carbocycles. The molecule has 14 heteroatoms. The number of phosphoric acid groups is 1. The summed E-state index contributed by atoms with van der Waals surface area (Å²) in [5.74, 6) is 0. The monoisotopic (exact) mass is 404 g/mol. The van der Waals surface area contributed by atoms with Crippen molar-refractivity contribution >= 4 is 7.82 Å². The van der Waals surface area contributed by atoms with E-state index in [9.17, 15) is 35.0 Å². The third-order valence-corrected chi connectivity index (χ3v) is 5.40. The molecule has 0 radical (unpaired) electrons. The van der Waals surface area contributed by atoms with E-state index in [-0.39, 0.29) is 0 Å². The first-order valence-electron chi connectivity index (χ1n) is 7.78. The van der Waals surface area contributed by atoms with Crippen LogP contribution in [0.5, 0.6) is 0 Å². The van der Waals surface area contributed by atoms with Gasteiger partial charge in [-0.05, 0) is 0 Å². The molecule has 3 aliphatic rings. The number of hydrogen-bond donors (Lipinski definition) is 7. The van der Waals surface area contributed by atoms with Crippen LogP contribution in [-0.2, 0) is 27.8 Å². The van der Waals surface area contributed by atoms with Crippen molar-refractivity contribution < 1.29 is 63.4 Å². The first-order chi connectivity index (χ1) is 12.1. The lowest BCUT2D eigenvalue weighted by atomic mass is 9.98. The molecule has 0 aromatic carbocycles. The molecule has 0 saturated carbocycles. The molecule has 0 spiro atoms. The van der Waals surface area contributed by atoms with Crippen molar-refractivity contribution in [1.82, 2.24) is 0 Å². The maximum atomic E-state index is 11.4. The predicted molar refractivity (Wildman–Crippen MR) is 76.2 cm³/mol. The number of rotatable bonds is 3. The molecule has 0 bridgehead atoms. The molecule has 7 unspecified atom stereocenters. The summed E-state index contributed by atoms with van der Waals surface area (Å²) in [6, 6.07) is 0. The van der Waals surface area contributed by atoms with Gasteiger partial charge in [0.2, 0.25) is 0 Å². The van der Waals surface area contributed by atoms with Crippen LogP contribution in [-0.4, -0.2) is 110 Å². The summed E-state index contributed by atoms with van der Waals surface area (Å²) >= 11 is 0. The summed E-state index contributed by atoms with van der Waals surface area (Å²) < 4.78 is 36.4. The molecule has 152 valence electrons. The second kappa shape index (κ2) is 7.64. The van der Waals surface area contributed by atoms with Gasteiger partial charge in [-0.2, -0.15) is 0 Å². The molecule has 13 nitrogen and oxygen atoms in total. The van der Waals surface area contributed by atoms with Crippen LogP contribution in [0.3, 0.4) is 0 Å². The van der Waals surface area contributed by atoms with Gasteiger partial charge in [0.25, 0.3) is 0 Å². The number of aliphatic hydroxyl groups is 6. The highest BCUT2D eigenvalue weighted by Gasteiger charge is 2.54. The van der Waals surface area contributed by atoms with Crippen LogP contribution in [0.4, 0.5) is 0 Å². The van der Waals surface area contributed by atoms with Gasteiger partial charge in [-0.25, -0.2) is 4.57 Å². The van der Waals surface area contributed by atoms with Crippen molar-refractivity contribution in [2.45, 2.75) is 61.4 Å². The normalized spacial score (nSPS) is 55.3. The highest BCUT2D eigenvalue weighted by atomic mass is 31.2. The van der Waals surface area contributed by atoms with E-state index < -0.39 is 82.4 Å². The minimum absolute atomic E-state index is 0.434. The van der Waals surface area contributed by atoms with E-state index in [0.29, 0.717) is 0 Å². The molecular weight excluding hydrogens is 383 g/mol. The van der Waals surface area contributed by atoms with E-state index in [2.05, 4.69) is 4.52 Å².